The number of pyridine rings is 1. The van der Waals surface area contributed by atoms with Crippen molar-refractivity contribution >= 4 is 5.65 Å². The molecular formula is C15H12F3N3. The van der Waals surface area contributed by atoms with Gasteiger partial charge < -0.3 is 10.1 Å². The predicted molar refractivity (Wildman–Crippen MR) is 73.5 cm³/mol. The van der Waals surface area contributed by atoms with Gasteiger partial charge in [-0.2, -0.15) is 13.2 Å². The van der Waals surface area contributed by atoms with Crippen LogP contribution in [0.4, 0.5) is 13.2 Å². The molecule has 0 bridgehead atoms. The van der Waals surface area contributed by atoms with Crippen molar-refractivity contribution in [2.45, 2.75) is 12.7 Å². The number of nitrogens with two attached hydrogens (primary N) is 1. The number of rotatable bonds is 2. The van der Waals surface area contributed by atoms with Gasteiger partial charge in [0.15, 0.2) is 0 Å². The second kappa shape index (κ2) is 4.89. The van der Waals surface area contributed by atoms with E-state index in [4.69, 9.17) is 5.73 Å². The molecule has 3 nitrogen and oxygen atoms in total. The molecule has 0 aliphatic heterocycles. The second-order valence-electron chi connectivity index (χ2n) is 4.71. The van der Waals surface area contributed by atoms with Gasteiger partial charge in [0.2, 0.25) is 0 Å². The number of nitrogens with zero attached hydrogens (tertiary/aromatic N) is 2. The molecule has 3 aromatic rings. The Hall–Kier alpha value is -2.34. The normalized spacial score (nSPS) is 12.0. The van der Waals surface area contributed by atoms with Crippen molar-refractivity contribution in [2.75, 3.05) is 0 Å². The van der Waals surface area contributed by atoms with E-state index in [1.165, 1.54) is 6.07 Å². The number of alkyl halides is 3. The van der Waals surface area contributed by atoms with Gasteiger partial charge >= 0.3 is 6.18 Å². The highest BCUT2D eigenvalue weighted by Gasteiger charge is 2.30. The lowest BCUT2D eigenvalue weighted by Crippen LogP contribution is -2.04. The largest absolute Gasteiger partial charge is 0.416 e. The third-order valence-corrected chi connectivity index (χ3v) is 3.25. The smallest absolute Gasteiger partial charge is 0.326 e. The van der Waals surface area contributed by atoms with E-state index < -0.39 is 11.7 Å². The van der Waals surface area contributed by atoms with Crippen molar-refractivity contribution in [1.82, 2.24) is 9.38 Å². The van der Waals surface area contributed by atoms with Gasteiger partial charge in [-0.3, -0.25) is 0 Å². The number of imidazole rings is 1. The molecular weight excluding hydrogens is 279 g/mol. The first kappa shape index (κ1) is 13.6. The van der Waals surface area contributed by atoms with Gasteiger partial charge in [-0.15, -0.1) is 0 Å². The van der Waals surface area contributed by atoms with Gasteiger partial charge in [0.1, 0.15) is 5.65 Å². The van der Waals surface area contributed by atoms with Gasteiger partial charge in [-0.25, -0.2) is 4.98 Å². The fourth-order valence-corrected chi connectivity index (χ4v) is 2.14. The zero-order chi connectivity index (χ0) is 15.0. The highest BCUT2D eigenvalue weighted by atomic mass is 19.4. The number of fused-ring (bicyclic) bond motifs is 1. The van der Waals surface area contributed by atoms with Crippen molar-refractivity contribution in [1.29, 1.82) is 0 Å². The van der Waals surface area contributed by atoms with Crippen LogP contribution >= 0.6 is 0 Å². The maximum atomic E-state index is 12.7. The van der Waals surface area contributed by atoms with Crippen LogP contribution in [-0.4, -0.2) is 9.38 Å². The van der Waals surface area contributed by atoms with E-state index in [0.717, 1.165) is 17.7 Å². The molecule has 0 amide bonds. The minimum absolute atomic E-state index is 0.391. The third kappa shape index (κ3) is 2.62. The molecule has 0 unspecified atom stereocenters. The molecule has 0 aliphatic rings. The Bertz CT molecular complexity index is 790. The van der Waals surface area contributed by atoms with Crippen LogP contribution in [0.5, 0.6) is 0 Å². The van der Waals surface area contributed by atoms with Crippen molar-refractivity contribution in [3.05, 3.63) is 59.9 Å². The Morgan fingerprint density at radius 2 is 1.95 bits per heavy atom. The van der Waals surface area contributed by atoms with E-state index in [1.807, 2.05) is 12.1 Å². The summed E-state index contributed by atoms with van der Waals surface area (Å²) in [5.74, 6) is 0. The Morgan fingerprint density at radius 3 is 2.67 bits per heavy atom. The van der Waals surface area contributed by atoms with Crippen LogP contribution in [0.1, 0.15) is 11.1 Å². The van der Waals surface area contributed by atoms with Crippen molar-refractivity contribution in [3.8, 4) is 11.3 Å². The molecule has 2 aromatic heterocycles. The molecule has 0 radical (unpaired) electrons. The summed E-state index contributed by atoms with van der Waals surface area (Å²) in [6.45, 7) is 0.391. The van der Waals surface area contributed by atoms with Gasteiger partial charge in [0, 0.05) is 24.5 Å². The lowest BCUT2D eigenvalue weighted by Gasteiger charge is -2.07. The minimum Gasteiger partial charge on any atom is -0.326 e. The molecule has 0 aliphatic carbocycles. The Kier molecular flexibility index (Phi) is 3.17. The molecule has 1 aromatic carbocycles. The molecule has 3 rings (SSSR count). The average Bonchev–Trinajstić information content (AvgIpc) is 2.89. The van der Waals surface area contributed by atoms with E-state index in [0.29, 0.717) is 23.4 Å². The van der Waals surface area contributed by atoms with Gasteiger partial charge in [0.05, 0.1) is 11.3 Å². The van der Waals surface area contributed by atoms with Gasteiger partial charge in [-0.1, -0.05) is 12.1 Å². The molecule has 6 heteroatoms. The van der Waals surface area contributed by atoms with Crippen LogP contribution < -0.4 is 5.73 Å². The topological polar surface area (TPSA) is 43.3 Å². The van der Waals surface area contributed by atoms with Crippen LogP contribution in [0, 0.1) is 0 Å². The first-order chi connectivity index (χ1) is 9.97. The molecule has 2 N–H and O–H groups in total. The summed E-state index contributed by atoms with van der Waals surface area (Å²) < 4.78 is 40.0. The first-order valence-corrected chi connectivity index (χ1v) is 6.33. The van der Waals surface area contributed by atoms with Crippen LogP contribution in [0.25, 0.3) is 16.9 Å². The molecule has 108 valence electrons. The summed E-state index contributed by atoms with van der Waals surface area (Å²) in [6.07, 6.45) is -0.866. The number of hydrogen-bond acceptors (Lipinski definition) is 2. The molecule has 0 saturated carbocycles. The number of hydrogen-bond donors (Lipinski definition) is 1. The molecule has 0 atom stereocenters. The summed E-state index contributed by atoms with van der Waals surface area (Å²) in [5.41, 5.74) is 7.39. The first-order valence-electron chi connectivity index (χ1n) is 6.33. The number of benzene rings is 1. The molecule has 2 heterocycles. The highest BCUT2D eigenvalue weighted by molar-refractivity contribution is 5.63. The van der Waals surface area contributed by atoms with Crippen LogP contribution in [-0.2, 0) is 12.7 Å². The maximum absolute atomic E-state index is 12.7. The summed E-state index contributed by atoms with van der Waals surface area (Å²) in [4.78, 5) is 4.35. The molecule has 0 saturated heterocycles. The predicted octanol–water partition coefficient (Wildman–Crippen LogP) is 3.48. The molecule has 21 heavy (non-hydrogen) atoms. The van der Waals surface area contributed by atoms with Crippen LogP contribution in [0.2, 0.25) is 0 Å². The minimum atomic E-state index is -4.36. The maximum Gasteiger partial charge on any atom is 0.416 e. The summed E-state index contributed by atoms with van der Waals surface area (Å²) >= 11 is 0. The standard InChI is InChI=1S/C15H12F3N3/c16-15(17,18)12-3-1-2-11(7-12)13-9-21-5-4-10(8-19)6-14(21)20-13/h1-7,9H,8,19H2. The van der Waals surface area contributed by atoms with Crippen molar-refractivity contribution in [2.24, 2.45) is 5.73 Å². The van der Waals surface area contributed by atoms with E-state index in [1.54, 1.807) is 22.9 Å². The lowest BCUT2D eigenvalue weighted by molar-refractivity contribution is -0.137. The fourth-order valence-electron chi connectivity index (χ4n) is 2.14. The summed E-state index contributed by atoms with van der Waals surface area (Å²) in [6, 6.07) is 8.81. The van der Waals surface area contributed by atoms with Gasteiger partial charge in [-0.05, 0) is 29.8 Å². The van der Waals surface area contributed by atoms with Crippen molar-refractivity contribution in [3.63, 3.8) is 0 Å². The monoisotopic (exact) mass is 291 g/mol. The van der Waals surface area contributed by atoms with E-state index in [-0.39, 0.29) is 0 Å². The van der Waals surface area contributed by atoms with E-state index >= 15 is 0 Å². The Balaban J connectivity index is 2.08. The number of aromatic nitrogens is 2. The third-order valence-electron chi connectivity index (χ3n) is 3.25. The number of halogens is 3. The Labute approximate surface area is 118 Å². The fraction of sp³-hybridized carbons (Fsp3) is 0.133. The van der Waals surface area contributed by atoms with Crippen LogP contribution in [0.3, 0.4) is 0 Å². The van der Waals surface area contributed by atoms with Crippen molar-refractivity contribution < 1.29 is 13.2 Å². The summed E-state index contributed by atoms with van der Waals surface area (Å²) in [5, 5.41) is 0. The molecule has 0 spiro atoms. The van der Waals surface area contributed by atoms with Crippen LogP contribution in [0.15, 0.2) is 48.8 Å². The highest BCUT2D eigenvalue weighted by Crippen LogP contribution is 2.32. The zero-order valence-electron chi connectivity index (χ0n) is 10.9. The average molecular weight is 291 g/mol. The zero-order valence-corrected chi connectivity index (χ0v) is 10.9. The van der Waals surface area contributed by atoms with Gasteiger partial charge in [0.25, 0.3) is 0 Å². The quantitative estimate of drug-likeness (QED) is 0.785. The SMILES string of the molecule is NCc1ccn2cc(-c3cccc(C(F)(F)F)c3)nc2c1. The second-order valence-corrected chi connectivity index (χ2v) is 4.71. The van der Waals surface area contributed by atoms with E-state index in [2.05, 4.69) is 4.98 Å². The Morgan fingerprint density at radius 1 is 1.14 bits per heavy atom. The van der Waals surface area contributed by atoms with E-state index in [9.17, 15) is 13.2 Å². The molecule has 0 fully saturated rings. The lowest BCUT2D eigenvalue weighted by atomic mass is 10.1. The summed E-state index contributed by atoms with van der Waals surface area (Å²) in [7, 11) is 0.